The highest BCUT2D eigenvalue weighted by molar-refractivity contribution is 5.80. The van der Waals surface area contributed by atoms with Gasteiger partial charge in [-0.15, -0.1) is 5.10 Å². The van der Waals surface area contributed by atoms with Gasteiger partial charge >= 0.3 is 5.69 Å². The molecule has 0 aliphatic rings. The van der Waals surface area contributed by atoms with Gasteiger partial charge in [0.25, 0.3) is 5.89 Å². The lowest BCUT2D eigenvalue weighted by molar-refractivity contribution is -0.125. The molecule has 1 unspecified atom stereocenters. The van der Waals surface area contributed by atoms with Crippen LogP contribution in [0.1, 0.15) is 25.2 Å². The van der Waals surface area contributed by atoms with E-state index < -0.39 is 11.7 Å². The minimum absolute atomic E-state index is 0.267. The minimum Gasteiger partial charge on any atom is -0.383 e. The Morgan fingerprint density at radius 2 is 2.27 bits per heavy atom. The second-order valence-electron chi connectivity index (χ2n) is 5.70. The van der Waals surface area contributed by atoms with Gasteiger partial charge in [-0.2, -0.15) is 9.67 Å². The summed E-state index contributed by atoms with van der Waals surface area (Å²) in [6.45, 7) is 4.28. The van der Waals surface area contributed by atoms with E-state index in [-0.39, 0.29) is 11.8 Å². The quantitative estimate of drug-likeness (QED) is 0.612. The summed E-state index contributed by atoms with van der Waals surface area (Å²) in [5.74, 6) is 0.459. The zero-order valence-corrected chi connectivity index (χ0v) is 14.8. The molecule has 0 fully saturated rings. The summed E-state index contributed by atoms with van der Waals surface area (Å²) in [6, 6.07) is 2.70. The van der Waals surface area contributed by atoms with Crippen molar-refractivity contribution in [2.75, 3.05) is 20.3 Å². The molecule has 10 heteroatoms. The third-order valence-electron chi connectivity index (χ3n) is 3.92. The second kappa shape index (κ2) is 7.48. The van der Waals surface area contributed by atoms with Crippen molar-refractivity contribution in [2.24, 2.45) is 0 Å². The number of fused-ring (bicyclic) bond motifs is 1. The lowest BCUT2D eigenvalue weighted by Gasteiger charge is -2.13. The maximum absolute atomic E-state index is 12.7. The average Bonchev–Trinajstić information content (AvgIpc) is 3.20. The van der Waals surface area contributed by atoms with E-state index in [1.165, 1.54) is 9.08 Å². The number of hydrogen-bond donors (Lipinski definition) is 1. The summed E-state index contributed by atoms with van der Waals surface area (Å²) >= 11 is 0. The molecule has 138 valence electrons. The van der Waals surface area contributed by atoms with Crippen molar-refractivity contribution in [1.29, 1.82) is 0 Å². The number of carbonyl (C=O) groups is 1. The molecule has 0 aliphatic carbocycles. The first kappa shape index (κ1) is 17.8. The van der Waals surface area contributed by atoms with E-state index in [0.717, 1.165) is 0 Å². The fourth-order valence-electron chi connectivity index (χ4n) is 2.65. The van der Waals surface area contributed by atoms with Gasteiger partial charge in [0.1, 0.15) is 6.04 Å². The van der Waals surface area contributed by atoms with Crippen molar-refractivity contribution in [1.82, 2.24) is 29.6 Å². The summed E-state index contributed by atoms with van der Waals surface area (Å²) in [5.41, 5.74) is 0.467. The molecule has 0 aliphatic heterocycles. The molecule has 3 aromatic heterocycles. The van der Waals surface area contributed by atoms with Gasteiger partial charge in [0, 0.05) is 19.9 Å². The third-order valence-corrected chi connectivity index (χ3v) is 3.92. The number of aromatic nitrogens is 5. The van der Waals surface area contributed by atoms with Gasteiger partial charge in [0.2, 0.25) is 5.91 Å². The van der Waals surface area contributed by atoms with Crippen LogP contribution in [-0.2, 0) is 9.53 Å². The molecule has 0 aromatic carbocycles. The molecule has 0 saturated carbocycles. The number of pyridine rings is 1. The van der Waals surface area contributed by atoms with Crippen LogP contribution in [0.3, 0.4) is 0 Å². The van der Waals surface area contributed by atoms with E-state index in [1.807, 2.05) is 6.92 Å². The number of ether oxygens (including phenoxy) is 1. The van der Waals surface area contributed by atoms with Gasteiger partial charge in [0.15, 0.2) is 11.5 Å². The highest BCUT2D eigenvalue weighted by Gasteiger charge is 2.24. The fourth-order valence-corrected chi connectivity index (χ4v) is 2.65. The Balaban J connectivity index is 2.03. The lowest BCUT2D eigenvalue weighted by atomic mass is 10.2. The van der Waals surface area contributed by atoms with Crippen LogP contribution >= 0.6 is 0 Å². The number of aryl methyl sites for hydroxylation is 1. The van der Waals surface area contributed by atoms with E-state index in [0.29, 0.717) is 36.6 Å². The molecule has 3 rings (SSSR count). The van der Waals surface area contributed by atoms with Crippen molar-refractivity contribution in [3.8, 4) is 11.5 Å². The zero-order chi connectivity index (χ0) is 18.7. The average molecular weight is 360 g/mol. The van der Waals surface area contributed by atoms with Crippen LogP contribution in [0.2, 0.25) is 0 Å². The molecule has 3 heterocycles. The van der Waals surface area contributed by atoms with Gasteiger partial charge in [-0.1, -0.05) is 12.1 Å². The monoisotopic (exact) mass is 360 g/mol. The Bertz CT molecular complexity index is 973. The van der Waals surface area contributed by atoms with Crippen molar-refractivity contribution < 1.29 is 14.1 Å². The van der Waals surface area contributed by atoms with E-state index in [2.05, 4.69) is 20.6 Å². The smallest absolute Gasteiger partial charge is 0.351 e. The molecule has 0 bridgehead atoms. The lowest BCUT2D eigenvalue weighted by Crippen LogP contribution is -2.38. The van der Waals surface area contributed by atoms with Crippen molar-refractivity contribution in [2.45, 2.75) is 26.3 Å². The summed E-state index contributed by atoms with van der Waals surface area (Å²) < 4.78 is 12.7. The predicted molar refractivity (Wildman–Crippen MR) is 91.7 cm³/mol. The first-order valence-electron chi connectivity index (χ1n) is 8.24. The van der Waals surface area contributed by atoms with Crippen LogP contribution in [0.15, 0.2) is 27.6 Å². The number of carbonyl (C=O) groups excluding carboxylic acids is 1. The van der Waals surface area contributed by atoms with Crippen molar-refractivity contribution in [3.05, 3.63) is 34.6 Å². The van der Waals surface area contributed by atoms with Crippen molar-refractivity contribution >= 4 is 11.6 Å². The molecule has 1 N–H and O–H groups in total. The molecule has 26 heavy (non-hydrogen) atoms. The SMILES string of the molecule is CCC(C(=O)NCCOC)n1nc2c(-c3nc(C)no3)cccn2c1=O. The van der Waals surface area contributed by atoms with Crippen LogP contribution in [0, 0.1) is 6.92 Å². The van der Waals surface area contributed by atoms with Gasteiger partial charge in [0.05, 0.1) is 12.2 Å². The number of hydrogen-bond acceptors (Lipinski definition) is 7. The van der Waals surface area contributed by atoms with Crippen molar-refractivity contribution in [3.63, 3.8) is 0 Å². The highest BCUT2D eigenvalue weighted by atomic mass is 16.5. The first-order valence-corrected chi connectivity index (χ1v) is 8.24. The molecule has 10 nitrogen and oxygen atoms in total. The largest absolute Gasteiger partial charge is 0.383 e. The maximum atomic E-state index is 12.7. The standard InChI is InChI=1S/C16H20N6O4/c1-4-12(14(23)17-7-9-25-3)22-16(24)21-8-5-6-11(13(21)19-22)15-18-10(2)20-26-15/h5-6,8,12H,4,7,9H2,1-3H3,(H,17,23). The number of methoxy groups -OCH3 is 1. The van der Waals surface area contributed by atoms with Crippen LogP contribution in [-0.4, -0.2) is 50.5 Å². The number of amides is 1. The second-order valence-corrected chi connectivity index (χ2v) is 5.70. The normalized spacial score (nSPS) is 12.4. The van der Waals surface area contributed by atoms with Gasteiger partial charge in [-0.3, -0.25) is 4.79 Å². The Morgan fingerprint density at radius 3 is 2.92 bits per heavy atom. The van der Waals surface area contributed by atoms with Crippen LogP contribution in [0.5, 0.6) is 0 Å². The Labute approximate surface area is 148 Å². The molecule has 0 radical (unpaired) electrons. The molecule has 1 amide bonds. The predicted octanol–water partition coefficient (Wildman–Crippen LogP) is 0.568. The molecule has 1 atom stereocenters. The summed E-state index contributed by atoms with van der Waals surface area (Å²) in [7, 11) is 1.55. The Morgan fingerprint density at radius 1 is 1.46 bits per heavy atom. The molecule has 0 spiro atoms. The van der Waals surface area contributed by atoms with Gasteiger partial charge in [-0.25, -0.2) is 9.20 Å². The third kappa shape index (κ3) is 3.23. The van der Waals surface area contributed by atoms with Crippen LogP contribution in [0.25, 0.3) is 17.1 Å². The highest BCUT2D eigenvalue weighted by Crippen LogP contribution is 2.21. The van der Waals surface area contributed by atoms with E-state index in [9.17, 15) is 9.59 Å². The van der Waals surface area contributed by atoms with Gasteiger partial charge in [-0.05, 0) is 25.5 Å². The number of rotatable bonds is 7. The van der Waals surface area contributed by atoms with E-state index in [4.69, 9.17) is 9.26 Å². The zero-order valence-electron chi connectivity index (χ0n) is 14.8. The Hall–Kier alpha value is -3.01. The number of nitrogens with one attached hydrogen (secondary N) is 1. The molecular weight excluding hydrogens is 340 g/mol. The van der Waals surface area contributed by atoms with E-state index in [1.54, 1.807) is 32.4 Å². The topological polar surface area (TPSA) is 117 Å². The summed E-state index contributed by atoms with van der Waals surface area (Å²) in [5, 5.41) is 10.9. The fraction of sp³-hybridized carbons (Fsp3) is 0.438. The Kier molecular flexibility index (Phi) is 5.12. The minimum atomic E-state index is -0.725. The number of nitrogens with zero attached hydrogens (tertiary/aromatic N) is 5. The first-order chi connectivity index (χ1) is 12.6. The maximum Gasteiger partial charge on any atom is 0.351 e. The van der Waals surface area contributed by atoms with Crippen LogP contribution in [0.4, 0.5) is 0 Å². The van der Waals surface area contributed by atoms with Crippen LogP contribution < -0.4 is 11.0 Å². The van der Waals surface area contributed by atoms with E-state index >= 15 is 0 Å². The molecule has 3 aromatic rings. The molecule has 0 saturated heterocycles. The molecular formula is C16H20N6O4. The van der Waals surface area contributed by atoms with Gasteiger partial charge < -0.3 is 14.6 Å². The summed E-state index contributed by atoms with van der Waals surface area (Å²) in [6.07, 6.45) is 2.00. The summed E-state index contributed by atoms with van der Waals surface area (Å²) in [4.78, 5) is 29.3.